The molecule has 0 aliphatic carbocycles. The second-order valence-electron chi connectivity index (χ2n) is 5.26. The number of nitrogens with zero attached hydrogens (tertiary/aromatic N) is 3. The molecule has 0 unspecified atom stereocenters. The van der Waals surface area contributed by atoms with Gasteiger partial charge < -0.3 is 15.1 Å². The summed E-state index contributed by atoms with van der Waals surface area (Å²) in [4.78, 5) is 21.2. The van der Waals surface area contributed by atoms with E-state index < -0.39 is 11.5 Å². The summed E-state index contributed by atoms with van der Waals surface area (Å²) in [6.45, 7) is 3.77. The third-order valence-electron chi connectivity index (χ3n) is 3.48. The Kier molecular flexibility index (Phi) is 3.59. The Hall–Kier alpha value is -2.21. The molecule has 1 aromatic carbocycles. The third-order valence-corrected chi connectivity index (χ3v) is 3.48. The molecule has 2 rings (SSSR count). The van der Waals surface area contributed by atoms with Crippen molar-refractivity contribution in [1.82, 2.24) is 9.97 Å². The minimum Gasteiger partial charge on any atom is -0.478 e. The fourth-order valence-electron chi connectivity index (χ4n) is 1.84. The van der Waals surface area contributed by atoms with Crippen LogP contribution in [0, 0.1) is 0 Å². The van der Waals surface area contributed by atoms with Gasteiger partial charge in [0.25, 0.3) is 0 Å². The van der Waals surface area contributed by atoms with Crippen LogP contribution in [-0.4, -0.2) is 45.3 Å². The molecule has 20 heavy (non-hydrogen) atoms. The molecule has 0 spiro atoms. The van der Waals surface area contributed by atoms with E-state index in [-0.39, 0.29) is 12.2 Å². The van der Waals surface area contributed by atoms with Crippen LogP contribution in [0.5, 0.6) is 0 Å². The number of hydrogen-bond donors (Lipinski definition) is 2. The van der Waals surface area contributed by atoms with Gasteiger partial charge in [0, 0.05) is 12.4 Å². The van der Waals surface area contributed by atoms with E-state index in [9.17, 15) is 9.90 Å². The maximum Gasteiger partial charge on any atom is 0.335 e. The zero-order valence-corrected chi connectivity index (χ0v) is 11.7. The summed E-state index contributed by atoms with van der Waals surface area (Å²) in [5, 5.41) is 19.2. The summed E-state index contributed by atoms with van der Waals surface area (Å²) < 4.78 is 0. The summed E-state index contributed by atoms with van der Waals surface area (Å²) in [5.41, 5.74) is 0.272. The number of anilines is 1. The molecule has 0 bridgehead atoms. The van der Waals surface area contributed by atoms with Gasteiger partial charge in [-0.05, 0) is 32.0 Å². The van der Waals surface area contributed by atoms with E-state index in [0.717, 1.165) is 5.39 Å². The number of aromatic nitrogens is 2. The van der Waals surface area contributed by atoms with Crippen molar-refractivity contribution >= 4 is 22.7 Å². The topological polar surface area (TPSA) is 86.6 Å². The number of rotatable bonds is 4. The van der Waals surface area contributed by atoms with Gasteiger partial charge in [-0.2, -0.15) is 0 Å². The number of carboxylic acids is 1. The van der Waals surface area contributed by atoms with Gasteiger partial charge in [0.05, 0.1) is 23.2 Å². The van der Waals surface area contributed by atoms with Crippen LogP contribution in [0.15, 0.2) is 24.5 Å². The van der Waals surface area contributed by atoms with Gasteiger partial charge in [0.1, 0.15) is 12.1 Å². The number of carboxylic acid groups (broad SMARTS) is 1. The van der Waals surface area contributed by atoms with Gasteiger partial charge in [-0.15, -0.1) is 0 Å². The lowest BCUT2D eigenvalue weighted by atomic mass is 10.0. The first-order valence-corrected chi connectivity index (χ1v) is 6.19. The number of carbonyl (C=O) groups is 1. The van der Waals surface area contributed by atoms with Crippen molar-refractivity contribution in [2.45, 2.75) is 19.4 Å². The maximum atomic E-state index is 11.0. The Morgan fingerprint density at radius 3 is 2.65 bits per heavy atom. The molecule has 1 heterocycles. The van der Waals surface area contributed by atoms with Gasteiger partial charge >= 0.3 is 5.97 Å². The van der Waals surface area contributed by atoms with E-state index >= 15 is 0 Å². The smallest absolute Gasteiger partial charge is 0.335 e. The van der Waals surface area contributed by atoms with Crippen molar-refractivity contribution in [3.63, 3.8) is 0 Å². The largest absolute Gasteiger partial charge is 0.478 e. The highest BCUT2D eigenvalue weighted by molar-refractivity contribution is 5.96. The zero-order chi connectivity index (χ0) is 14.9. The number of aromatic carboxylic acids is 1. The summed E-state index contributed by atoms with van der Waals surface area (Å²) >= 11 is 0. The number of aliphatic hydroxyl groups is 1. The highest BCUT2D eigenvalue weighted by Gasteiger charge is 2.25. The summed E-state index contributed by atoms with van der Waals surface area (Å²) in [5.74, 6) is -0.331. The van der Waals surface area contributed by atoms with Crippen LogP contribution < -0.4 is 4.90 Å². The predicted molar refractivity (Wildman–Crippen MR) is 76.1 cm³/mol. The van der Waals surface area contributed by atoms with Gasteiger partial charge in [0.2, 0.25) is 0 Å². The van der Waals surface area contributed by atoms with Crippen LogP contribution in [0.2, 0.25) is 0 Å². The molecule has 0 fully saturated rings. The molecule has 6 heteroatoms. The SMILES string of the molecule is CN(c1ncnc2cc(C(=O)O)ccc12)C(C)(C)CO. The minimum atomic E-state index is -0.990. The van der Waals surface area contributed by atoms with Crippen LogP contribution in [-0.2, 0) is 0 Å². The second-order valence-corrected chi connectivity index (χ2v) is 5.26. The van der Waals surface area contributed by atoms with Crippen molar-refractivity contribution in [2.24, 2.45) is 0 Å². The number of hydrogen-bond acceptors (Lipinski definition) is 5. The quantitative estimate of drug-likeness (QED) is 0.880. The van der Waals surface area contributed by atoms with E-state index in [1.54, 1.807) is 6.07 Å². The summed E-state index contributed by atoms with van der Waals surface area (Å²) in [7, 11) is 1.84. The molecule has 0 atom stereocenters. The Bertz CT molecular complexity index is 655. The molecule has 0 aliphatic rings. The van der Waals surface area contributed by atoms with Crippen molar-refractivity contribution in [3.8, 4) is 0 Å². The highest BCUT2D eigenvalue weighted by atomic mass is 16.4. The molecule has 2 N–H and O–H groups in total. The van der Waals surface area contributed by atoms with Crippen LogP contribution >= 0.6 is 0 Å². The number of likely N-dealkylation sites (N-methyl/N-ethyl adjacent to an activating group) is 1. The lowest BCUT2D eigenvalue weighted by Gasteiger charge is -2.35. The van der Waals surface area contributed by atoms with E-state index in [4.69, 9.17) is 5.11 Å². The molecule has 1 aromatic heterocycles. The number of aliphatic hydroxyl groups excluding tert-OH is 1. The van der Waals surface area contributed by atoms with Crippen molar-refractivity contribution in [3.05, 3.63) is 30.1 Å². The monoisotopic (exact) mass is 275 g/mol. The molecular formula is C14H17N3O3. The number of benzene rings is 1. The lowest BCUT2D eigenvalue weighted by Crippen LogP contribution is -2.44. The van der Waals surface area contributed by atoms with Gasteiger partial charge in [-0.3, -0.25) is 0 Å². The van der Waals surface area contributed by atoms with Crippen LogP contribution in [0.3, 0.4) is 0 Å². The molecule has 106 valence electrons. The Morgan fingerprint density at radius 2 is 2.05 bits per heavy atom. The first-order chi connectivity index (χ1) is 9.36. The number of fused-ring (bicyclic) bond motifs is 1. The molecule has 0 radical (unpaired) electrons. The van der Waals surface area contributed by atoms with Crippen molar-refractivity contribution in [2.75, 3.05) is 18.6 Å². The fourth-order valence-corrected chi connectivity index (χ4v) is 1.84. The fraction of sp³-hybridized carbons (Fsp3) is 0.357. The Labute approximate surface area is 116 Å². The normalized spacial score (nSPS) is 11.6. The van der Waals surface area contributed by atoms with Crippen molar-refractivity contribution in [1.29, 1.82) is 0 Å². The average Bonchev–Trinajstić information content (AvgIpc) is 2.45. The standard InChI is InChI=1S/C14H17N3O3/c1-14(2,7-18)17(3)12-10-5-4-9(13(19)20)6-11(10)15-8-16-12/h4-6,8,18H,7H2,1-3H3,(H,19,20). The van der Waals surface area contributed by atoms with Crippen LogP contribution in [0.4, 0.5) is 5.82 Å². The van der Waals surface area contributed by atoms with Gasteiger partial charge in [0.15, 0.2) is 0 Å². The maximum absolute atomic E-state index is 11.0. The molecule has 6 nitrogen and oxygen atoms in total. The minimum absolute atomic E-state index is 0.0256. The van der Waals surface area contributed by atoms with Gasteiger partial charge in [-0.1, -0.05) is 0 Å². The molecule has 0 saturated carbocycles. The van der Waals surface area contributed by atoms with E-state index in [1.807, 2.05) is 25.8 Å². The Balaban J connectivity index is 2.58. The first-order valence-electron chi connectivity index (χ1n) is 6.19. The summed E-state index contributed by atoms with van der Waals surface area (Å²) in [6, 6.07) is 4.73. The zero-order valence-electron chi connectivity index (χ0n) is 11.7. The van der Waals surface area contributed by atoms with Crippen LogP contribution in [0.25, 0.3) is 10.9 Å². The van der Waals surface area contributed by atoms with E-state index in [1.165, 1.54) is 18.5 Å². The van der Waals surface area contributed by atoms with E-state index in [2.05, 4.69) is 9.97 Å². The molecule has 2 aromatic rings. The predicted octanol–water partition coefficient (Wildman–Crippen LogP) is 1.54. The van der Waals surface area contributed by atoms with E-state index in [0.29, 0.717) is 11.3 Å². The molecule has 0 aliphatic heterocycles. The average molecular weight is 275 g/mol. The first kappa shape index (κ1) is 14.2. The lowest BCUT2D eigenvalue weighted by molar-refractivity contribution is 0.0697. The molecule has 0 saturated heterocycles. The summed E-state index contributed by atoms with van der Waals surface area (Å²) in [6.07, 6.45) is 1.40. The van der Waals surface area contributed by atoms with Crippen LogP contribution in [0.1, 0.15) is 24.2 Å². The third kappa shape index (κ3) is 2.42. The molecule has 0 amide bonds. The second kappa shape index (κ2) is 5.05. The van der Waals surface area contributed by atoms with Gasteiger partial charge in [-0.25, -0.2) is 14.8 Å². The van der Waals surface area contributed by atoms with Crippen molar-refractivity contribution < 1.29 is 15.0 Å². The Morgan fingerprint density at radius 1 is 1.35 bits per heavy atom. The highest BCUT2D eigenvalue weighted by Crippen LogP contribution is 2.27. The molecular weight excluding hydrogens is 258 g/mol.